The highest BCUT2D eigenvalue weighted by atomic mass is 19.1. The third-order valence-electron chi connectivity index (χ3n) is 3.55. The summed E-state index contributed by atoms with van der Waals surface area (Å²) < 4.78 is 28.2. The molecule has 0 aliphatic rings. The second-order valence-electron chi connectivity index (χ2n) is 5.26. The number of aromatic nitrogens is 5. The van der Waals surface area contributed by atoms with Gasteiger partial charge in [-0.2, -0.15) is 9.50 Å². The molecule has 0 amide bonds. The maximum atomic E-state index is 13.3. The summed E-state index contributed by atoms with van der Waals surface area (Å²) in [7, 11) is 0. The van der Waals surface area contributed by atoms with Crippen LogP contribution in [0.3, 0.4) is 0 Å². The first-order valence-corrected chi connectivity index (χ1v) is 7.25. The van der Waals surface area contributed by atoms with Crippen molar-refractivity contribution in [2.45, 2.75) is 6.42 Å². The van der Waals surface area contributed by atoms with Gasteiger partial charge < -0.3 is 0 Å². The molecular formula is C17H11F2N5. The Morgan fingerprint density at radius 2 is 1.67 bits per heavy atom. The zero-order valence-corrected chi connectivity index (χ0v) is 12.4. The van der Waals surface area contributed by atoms with Gasteiger partial charge in [0.05, 0.1) is 5.69 Å². The van der Waals surface area contributed by atoms with Gasteiger partial charge in [-0.05, 0) is 35.9 Å². The van der Waals surface area contributed by atoms with Gasteiger partial charge in [-0.3, -0.25) is 4.98 Å². The van der Waals surface area contributed by atoms with Gasteiger partial charge in [0.15, 0.2) is 5.82 Å². The van der Waals surface area contributed by atoms with Crippen molar-refractivity contribution >= 4 is 5.78 Å². The zero-order chi connectivity index (χ0) is 16.5. The van der Waals surface area contributed by atoms with Gasteiger partial charge in [-0.15, -0.1) is 5.10 Å². The largest absolute Gasteiger partial charge is 0.265 e. The van der Waals surface area contributed by atoms with Crippen LogP contribution in [0, 0.1) is 11.6 Å². The molecule has 0 saturated heterocycles. The second kappa shape index (κ2) is 5.77. The highest BCUT2D eigenvalue weighted by molar-refractivity contribution is 5.60. The van der Waals surface area contributed by atoms with Crippen molar-refractivity contribution in [3.63, 3.8) is 0 Å². The molecule has 4 rings (SSSR count). The van der Waals surface area contributed by atoms with E-state index >= 15 is 0 Å². The Balaban J connectivity index is 1.76. The summed E-state index contributed by atoms with van der Waals surface area (Å²) in [6.45, 7) is 0. The summed E-state index contributed by atoms with van der Waals surface area (Å²) >= 11 is 0. The maximum absolute atomic E-state index is 13.3. The summed E-state index contributed by atoms with van der Waals surface area (Å²) in [5, 5.41) is 4.42. The summed E-state index contributed by atoms with van der Waals surface area (Å²) in [4.78, 5) is 12.5. The van der Waals surface area contributed by atoms with Gasteiger partial charge in [0.2, 0.25) is 0 Å². The molecule has 3 heterocycles. The van der Waals surface area contributed by atoms with Crippen LogP contribution in [0.2, 0.25) is 0 Å². The van der Waals surface area contributed by atoms with Crippen LogP contribution in [0.15, 0.2) is 55.0 Å². The third kappa shape index (κ3) is 2.71. The van der Waals surface area contributed by atoms with Gasteiger partial charge >= 0.3 is 0 Å². The molecule has 7 heteroatoms. The van der Waals surface area contributed by atoms with E-state index in [0.717, 1.165) is 17.3 Å². The maximum Gasteiger partial charge on any atom is 0.252 e. The van der Waals surface area contributed by atoms with E-state index in [0.29, 0.717) is 17.2 Å². The summed E-state index contributed by atoms with van der Waals surface area (Å²) in [5.74, 6) is -0.376. The molecule has 0 saturated carbocycles. The highest BCUT2D eigenvalue weighted by Crippen LogP contribution is 2.19. The molecule has 0 spiro atoms. The number of halogens is 2. The first-order chi connectivity index (χ1) is 11.7. The van der Waals surface area contributed by atoms with Gasteiger partial charge in [0.25, 0.3) is 5.78 Å². The molecule has 0 radical (unpaired) electrons. The van der Waals surface area contributed by atoms with Gasteiger partial charge in [0.1, 0.15) is 11.6 Å². The lowest BCUT2D eigenvalue weighted by molar-refractivity contribution is 0.580. The predicted octanol–water partition coefficient (Wildman–Crippen LogP) is 3.06. The first kappa shape index (κ1) is 14.4. The molecule has 0 N–H and O–H groups in total. The topological polar surface area (TPSA) is 56.0 Å². The van der Waals surface area contributed by atoms with Crippen LogP contribution in [0.1, 0.15) is 11.4 Å². The van der Waals surface area contributed by atoms with Crippen LogP contribution in [0.5, 0.6) is 0 Å². The average Bonchev–Trinajstić information content (AvgIpc) is 2.96. The number of rotatable bonds is 3. The van der Waals surface area contributed by atoms with E-state index in [1.165, 1.54) is 12.1 Å². The van der Waals surface area contributed by atoms with Crippen molar-refractivity contribution in [2.75, 3.05) is 0 Å². The zero-order valence-electron chi connectivity index (χ0n) is 12.4. The smallest absolute Gasteiger partial charge is 0.252 e. The Bertz CT molecular complexity index is 994. The normalized spacial score (nSPS) is 11.1. The molecule has 118 valence electrons. The quantitative estimate of drug-likeness (QED) is 0.581. The number of benzene rings is 1. The number of fused-ring (bicyclic) bond motifs is 1. The van der Waals surface area contributed by atoms with Gasteiger partial charge in [-0.1, -0.05) is 0 Å². The van der Waals surface area contributed by atoms with E-state index in [2.05, 4.69) is 20.1 Å². The molecule has 0 aliphatic heterocycles. The molecule has 0 unspecified atom stereocenters. The van der Waals surface area contributed by atoms with Crippen molar-refractivity contribution in [2.24, 2.45) is 0 Å². The fourth-order valence-electron chi connectivity index (χ4n) is 2.55. The summed E-state index contributed by atoms with van der Waals surface area (Å²) in [5.41, 5.74) is 2.20. The Kier molecular flexibility index (Phi) is 3.45. The molecule has 0 bridgehead atoms. The van der Waals surface area contributed by atoms with Crippen LogP contribution in [-0.2, 0) is 6.42 Å². The molecule has 0 aliphatic carbocycles. The lowest BCUT2D eigenvalue weighted by Gasteiger charge is -2.02. The lowest BCUT2D eigenvalue weighted by atomic mass is 10.1. The van der Waals surface area contributed by atoms with Crippen LogP contribution >= 0.6 is 0 Å². The predicted molar refractivity (Wildman–Crippen MR) is 83.2 cm³/mol. The number of pyridine rings is 1. The minimum Gasteiger partial charge on any atom is -0.265 e. The third-order valence-corrected chi connectivity index (χ3v) is 3.55. The molecule has 0 atom stereocenters. The standard InChI is InChI=1S/C17H11F2N5/c18-13-7-11(8-14(19)10-13)9-16-22-17-21-6-3-15(24(17)23-16)12-1-4-20-5-2-12/h1-8,10H,9H2. The van der Waals surface area contributed by atoms with E-state index in [9.17, 15) is 8.78 Å². The summed E-state index contributed by atoms with van der Waals surface area (Å²) in [6.07, 6.45) is 5.24. The molecule has 24 heavy (non-hydrogen) atoms. The van der Waals surface area contributed by atoms with Crippen LogP contribution in [-0.4, -0.2) is 24.6 Å². The fourth-order valence-corrected chi connectivity index (χ4v) is 2.55. The second-order valence-corrected chi connectivity index (χ2v) is 5.26. The molecule has 4 aromatic rings. The Labute approximate surface area is 135 Å². The monoisotopic (exact) mass is 323 g/mol. The lowest BCUT2D eigenvalue weighted by Crippen LogP contribution is -1.97. The van der Waals surface area contributed by atoms with Crippen LogP contribution in [0.25, 0.3) is 17.0 Å². The van der Waals surface area contributed by atoms with Crippen molar-refractivity contribution in [3.8, 4) is 11.3 Å². The minimum atomic E-state index is -0.621. The van der Waals surface area contributed by atoms with Gasteiger partial charge in [0, 0.05) is 36.6 Å². The van der Waals surface area contributed by atoms with E-state index in [1.807, 2.05) is 18.2 Å². The number of hydrogen-bond donors (Lipinski definition) is 0. The Morgan fingerprint density at radius 3 is 2.42 bits per heavy atom. The first-order valence-electron chi connectivity index (χ1n) is 7.25. The van der Waals surface area contributed by atoms with Crippen LogP contribution in [0.4, 0.5) is 8.78 Å². The molecule has 1 aromatic carbocycles. The van der Waals surface area contributed by atoms with Crippen molar-refractivity contribution in [1.82, 2.24) is 24.6 Å². The van der Waals surface area contributed by atoms with E-state index in [4.69, 9.17) is 0 Å². The van der Waals surface area contributed by atoms with E-state index < -0.39 is 11.6 Å². The molecule has 3 aromatic heterocycles. The minimum absolute atomic E-state index is 0.216. The average molecular weight is 323 g/mol. The summed E-state index contributed by atoms with van der Waals surface area (Å²) in [6, 6.07) is 8.92. The Hall–Kier alpha value is -3.22. The number of hydrogen-bond acceptors (Lipinski definition) is 4. The van der Waals surface area contributed by atoms with Crippen molar-refractivity contribution < 1.29 is 8.78 Å². The fraction of sp³-hybridized carbons (Fsp3) is 0.0588. The number of nitrogens with zero attached hydrogens (tertiary/aromatic N) is 5. The van der Waals surface area contributed by atoms with E-state index in [1.54, 1.807) is 23.1 Å². The van der Waals surface area contributed by atoms with E-state index in [-0.39, 0.29) is 6.42 Å². The molecule has 5 nitrogen and oxygen atoms in total. The van der Waals surface area contributed by atoms with Crippen molar-refractivity contribution in [3.05, 3.63) is 78.0 Å². The SMILES string of the molecule is Fc1cc(F)cc(Cc2nc3nccc(-c4ccncc4)n3n2)c1. The Morgan fingerprint density at radius 1 is 0.917 bits per heavy atom. The molecule has 0 fully saturated rings. The van der Waals surface area contributed by atoms with Crippen molar-refractivity contribution in [1.29, 1.82) is 0 Å². The molecular weight excluding hydrogens is 312 g/mol. The van der Waals surface area contributed by atoms with Crippen LogP contribution < -0.4 is 0 Å². The highest BCUT2D eigenvalue weighted by Gasteiger charge is 2.11. The van der Waals surface area contributed by atoms with Gasteiger partial charge in [-0.25, -0.2) is 13.8 Å².